The van der Waals surface area contributed by atoms with Gasteiger partial charge in [-0.05, 0) is 43.5 Å². The van der Waals surface area contributed by atoms with E-state index in [9.17, 15) is 5.11 Å². The zero-order chi connectivity index (χ0) is 15.1. The van der Waals surface area contributed by atoms with Crippen LogP contribution in [0.25, 0.3) is 0 Å². The summed E-state index contributed by atoms with van der Waals surface area (Å²) in [4.78, 5) is 0. The molecule has 0 amide bonds. The van der Waals surface area contributed by atoms with Gasteiger partial charge in [0.25, 0.3) is 0 Å². The Labute approximate surface area is 125 Å². The second-order valence-electron chi connectivity index (χ2n) is 5.47. The third-order valence-electron chi connectivity index (χ3n) is 3.95. The van der Waals surface area contributed by atoms with E-state index in [0.717, 1.165) is 19.4 Å². The van der Waals surface area contributed by atoms with Crippen LogP contribution < -0.4 is 10.1 Å². The summed E-state index contributed by atoms with van der Waals surface area (Å²) >= 11 is 0. The Hall–Kier alpha value is -1.61. The van der Waals surface area contributed by atoms with Crippen LogP contribution in [0.3, 0.4) is 0 Å². The first-order valence-corrected chi connectivity index (χ1v) is 7.24. The molecular weight excluding hydrogens is 268 g/mol. The molecule has 0 aliphatic heterocycles. The van der Waals surface area contributed by atoms with Gasteiger partial charge in [-0.3, -0.25) is 0 Å². The van der Waals surface area contributed by atoms with E-state index >= 15 is 0 Å². The van der Waals surface area contributed by atoms with Crippen LogP contribution in [0.4, 0.5) is 0 Å². The van der Waals surface area contributed by atoms with Crippen LogP contribution in [0.15, 0.2) is 24.3 Å². The number of methoxy groups -OCH3 is 1. The van der Waals surface area contributed by atoms with E-state index in [1.54, 1.807) is 31.4 Å². The van der Waals surface area contributed by atoms with Crippen molar-refractivity contribution in [2.75, 3.05) is 26.8 Å². The number of aliphatic hydroxyl groups excluding tert-OH is 1. The predicted molar refractivity (Wildman–Crippen MR) is 79.1 cm³/mol. The van der Waals surface area contributed by atoms with E-state index in [1.807, 2.05) is 0 Å². The minimum Gasteiger partial charge on any atom is -0.491 e. The fraction of sp³-hybridized carbons (Fsp3) is 0.562. The number of rotatable bonds is 8. The number of nitrogens with one attached hydrogen (secondary N) is 1. The zero-order valence-corrected chi connectivity index (χ0v) is 12.3. The Morgan fingerprint density at radius 3 is 2.62 bits per heavy atom. The van der Waals surface area contributed by atoms with Crippen molar-refractivity contribution in [3.63, 3.8) is 0 Å². The third-order valence-corrected chi connectivity index (χ3v) is 3.95. The third kappa shape index (κ3) is 4.43. The maximum Gasteiger partial charge on any atom is 0.119 e. The molecule has 1 aliphatic carbocycles. The summed E-state index contributed by atoms with van der Waals surface area (Å²) in [6.07, 6.45) is 2.79. The highest BCUT2D eigenvalue weighted by Gasteiger charge is 2.36. The first-order valence-electron chi connectivity index (χ1n) is 7.24. The van der Waals surface area contributed by atoms with Crippen LogP contribution in [0, 0.1) is 11.3 Å². The fourth-order valence-electron chi connectivity index (χ4n) is 2.37. The largest absolute Gasteiger partial charge is 0.491 e. The topological polar surface area (TPSA) is 74.5 Å². The van der Waals surface area contributed by atoms with Gasteiger partial charge >= 0.3 is 0 Å². The average molecular weight is 290 g/mol. The molecule has 2 N–H and O–H groups in total. The maximum absolute atomic E-state index is 9.89. The molecule has 114 valence electrons. The molecule has 1 aromatic carbocycles. The lowest BCUT2D eigenvalue weighted by molar-refractivity contribution is -0.0706. The summed E-state index contributed by atoms with van der Waals surface area (Å²) in [6, 6.07) is 8.90. The molecule has 0 saturated heterocycles. The molecule has 21 heavy (non-hydrogen) atoms. The molecule has 0 bridgehead atoms. The Balaban J connectivity index is 1.65. The van der Waals surface area contributed by atoms with Crippen molar-refractivity contribution in [1.82, 2.24) is 5.32 Å². The predicted octanol–water partition coefficient (Wildman–Crippen LogP) is 1.46. The molecule has 2 rings (SSSR count). The highest BCUT2D eigenvalue weighted by atomic mass is 16.5. The SMILES string of the molecule is COC1(CNCC(O)COc2ccc(C#N)cc2)CCC1. The summed E-state index contributed by atoms with van der Waals surface area (Å²) in [5.74, 6) is 0.653. The number of nitriles is 1. The Morgan fingerprint density at radius 2 is 2.10 bits per heavy atom. The molecule has 1 aromatic rings. The molecule has 1 unspecified atom stereocenters. The first kappa shape index (κ1) is 15.8. The number of nitrogens with zero attached hydrogens (tertiary/aromatic N) is 1. The number of hydrogen-bond donors (Lipinski definition) is 2. The molecule has 5 heteroatoms. The van der Waals surface area contributed by atoms with Gasteiger partial charge in [-0.2, -0.15) is 5.26 Å². The maximum atomic E-state index is 9.89. The summed E-state index contributed by atoms with van der Waals surface area (Å²) in [6.45, 7) is 1.46. The van der Waals surface area contributed by atoms with Crippen LogP contribution in [-0.4, -0.2) is 43.6 Å². The fourth-order valence-corrected chi connectivity index (χ4v) is 2.37. The van der Waals surface area contributed by atoms with Crippen LogP contribution in [0.5, 0.6) is 5.75 Å². The Bertz CT molecular complexity index is 472. The van der Waals surface area contributed by atoms with Crippen molar-refractivity contribution < 1.29 is 14.6 Å². The summed E-state index contributed by atoms with van der Waals surface area (Å²) in [5.41, 5.74) is 0.559. The van der Waals surface area contributed by atoms with E-state index < -0.39 is 6.10 Å². The van der Waals surface area contributed by atoms with Crippen molar-refractivity contribution in [3.8, 4) is 11.8 Å². The molecule has 1 atom stereocenters. The van der Waals surface area contributed by atoms with Crippen LogP contribution in [0.2, 0.25) is 0 Å². The smallest absolute Gasteiger partial charge is 0.119 e. The first-order chi connectivity index (χ1) is 10.2. The normalized spacial score (nSPS) is 17.6. The summed E-state index contributed by atoms with van der Waals surface area (Å²) in [5, 5.41) is 21.8. The van der Waals surface area contributed by atoms with Crippen LogP contribution in [-0.2, 0) is 4.74 Å². The molecule has 1 aliphatic rings. The van der Waals surface area contributed by atoms with E-state index in [1.165, 1.54) is 6.42 Å². The van der Waals surface area contributed by atoms with Gasteiger partial charge in [0.1, 0.15) is 18.5 Å². The molecular formula is C16H22N2O3. The van der Waals surface area contributed by atoms with Gasteiger partial charge in [-0.15, -0.1) is 0 Å². The molecule has 5 nitrogen and oxygen atoms in total. The lowest BCUT2D eigenvalue weighted by Crippen LogP contribution is -2.49. The molecule has 1 saturated carbocycles. The molecule has 1 fully saturated rings. The molecule has 0 spiro atoms. The van der Waals surface area contributed by atoms with E-state index in [4.69, 9.17) is 14.7 Å². The monoisotopic (exact) mass is 290 g/mol. The number of benzene rings is 1. The number of ether oxygens (including phenoxy) is 2. The quantitative estimate of drug-likeness (QED) is 0.758. The van der Waals surface area contributed by atoms with Crippen molar-refractivity contribution in [2.45, 2.75) is 31.0 Å². The number of hydrogen-bond acceptors (Lipinski definition) is 5. The summed E-state index contributed by atoms with van der Waals surface area (Å²) < 4.78 is 11.0. The minimum absolute atomic E-state index is 0.0340. The zero-order valence-electron chi connectivity index (χ0n) is 12.3. The Kier molecular flexibility index (Phi) is 5.57. The van der Waals surface area contributed by atoms with Gasteiger partial charge in [-0.1, -0.05) is 0 Å². The Morgan fingerprint density at radius 1 is 1.38 bits per heavy atom. The van der Waals surface area contributed by atoms with Crippen molar-refractivity contribution in [2.24, 2.45) is 0 Å². The van der Waals surface area contributed by atoms with E-state index in [0.29, 0.717) is 17.9 Å². The average Bonchev–Trinajstić information content (AvgIpc) is 2.48. The standard InChI is InChI=1S/C16H22N2O3/c1-20-16(7-2-8-16)12-18-10-14(19)11-21-15-5-3-13(9-17)4-6-15/h3-6,14,18-19H,2,7-8,10-12H2,1H3. The van der Waals surface area contributed by atoms with E-state index in [2.05, 4.69) is 11.4 Å². The summed E-state index contributed by atoms with van der Waals surface area (Å²) in [7, 11) is 1.74. The van der Waals surface area contributed by atoms with Gasteiger partial charge in [-0.25, -0.2) is 0 Å². The van der Waals surface area contributed by atoms with E-state index in [-0.39, 0.29) is 12.2 Å². The van der Waals surface area contributed by atoms with Gasteiger partial charge < -0.3 is 19.9 Å². The highest BCUT2D eigenvalue weighted by molar-refractivity contribution is 5.34. The lowest BCUT2D eigenvalue weighted by atomic mass is 9.80. The van der Waals surface area contributed by atoms with Crippen molar-refractivity contribution >= 4 is 0 Å². The molecule has 0 aromatic heterocycles. The van der Waals surface area contributed by atoms with Crippen LogP contribution in [0.1, 0.15) is 24.8 Å². The molecule has 0 heterocycles. The van der Waals surface area contributed by atoms with Gasteiger partial charge in [0, 0.05) is 20.2 Å². The van der Waals surface area contributed by atoms with Gasteiger partial charge in [0.2, 0.25) is 0 Å². The van der Waals surface area contributed by atoms with Crippen LogP contribution >= 0.6 is 0 Å². The second-order valence-corrected chi connectivity index (χ2v) is 5.47. The van der Waals surface area contributed by atoms with Gasteiger partial charge in [0.05, 0.1) is 17.2 Å². The molecule has 0 radical (unpaired) electrons. The van der Waals surface area contributed by atoms with Gasteiger partial charge in [0.15, 0.2) is 0 Å². The highest BCUT2D eigenvalue weighted by Crippen LogP contribution is 2.34. The minimum atomic E-state index is -0.574. The van der Waals surface area contributed by atoms with Crippen molar-refractivity contribution in [1.29, 1.82) is 5.26 Å². The second kappa shape index (κ2) is 7.41. The number of aliphatic hydroxyl groups is 1. The lowest BCUT2D eigenvalue weighted by Gasteiger charge is -2.40. The van der Waals surface area contributed by atoms with Crippen molar-refractivity contribution in [3.05, 3.63) is 29.8 Å².